The van der Waals surface area contributed by atoms with Crippen LogP contribution in [-0.4, -0.2) is 29.5 Å². The Morgan fingerprint density at radius 2 is 0.663 bits per heavy atom. The third kappa shape index (κ3) is 6.15. The van der Waals surface area contributed by atoms with Crippen LogP contribution < -0.4 is 21.1 Å². The number of rotatable bonds is 5. The molecule has 0 N–H and O–H groups in total. The molecular formula is C79H48BN5O. The summed E-state index contributed by atoms with van der Waals surface area (Å²) in [4.78, 5) is 0. The van der Waals surface area contributed by atoms with Crippen LogP contribution in [0.2, 0.25) is 0 Å². The fourth-order valence-electron chi connectivity index (χ4n) is 15.6. The molecule has 398 valence electrons. The topological polar surface area (TPSA) is 33.9 Å². The highest BCUT2D eigenvalue weighted by Gasteiger charge is 2.41. The minimum absolute atomic E-state index is 0.107. The average Bonchev–Trinajstić information content (AvgIpc) is 1.63. The van der Waals surface area contributed by atoms with Gasteiger partial charge in [-0.15, -0.1) is 0 Å². The van der Waals surface area contributed by atoms with Crippen molar-refractivity contribution < 1.29 is 4.74 Å². The Labute approximate surface area is 493 Å². The predicted octanol–water partition coefficient (Wildman–Crippen LogP) is 18.1. The van der Waals surface area contributed by atoms with Crippen molar-refractivity contribution in [2.24, 2.45) is 0 Å². The summed E-state index contributed by atoms with van der Waals surface area (Å²) in [5.74, 6) is 1.80. The molecule has 13 aromatic carbocycles. The van der Waals surface area contributed by atoms with Crippen molar-refractivity contribution in [3.8, 4) is 51.1 Å². The minimum Gasteiger partial charge on any atom is -0.458 e. The Balaban J connectivity index is 0.855. The fourth-order valence-corrected chi connectivity index (χ4v) is 15.6. The molecule has 0 saturated carbocycles. The number of nitrogens with zero attached hydrogens (tertiary/aromatic N) is 5. The number of aromatic nitrogens is 5. The van der Waals surface area contributed by atoms with Crippen LogP contribution in [0.15, 0.2) is 273 Å². The number of hydrogen-bond acceptors (Lipinski definition) is 1. The van der Waals surface area contributed by atoms with Gasteiger partial charge in [0, 0.05) is 87.8 Å². The van der Waals surface area contributed by atoms with Gasteiger partial charge in [-0.05, 0) is 161 Å². The van der Waals surface area contributed by atoms with Gasteiger partial charge in [0.2, 0.25) is 0 Å². The van der Waals surface area contributed by atoms with E-state index < -0.39 is 0 Å². The summed E-state index contributed by atoms with van der Waals surface area (Å²) in [6.07, 6.45) is 0. The molecule has 0 spiro atoms. The molecule has 5 aromatic heterocycles. The van der Waals surface area contributed by atoms with Gasteiger partial charge in [0.05, 0.1) is 49.7 Å². The average molecular weight is 1090 g/mol. The Morgan fingerprint density at radius 1 is 0.267 bits per heavy atom. The fraction of sp³-hybridized carbons (Fsp3) is 0.0127. The van der Waals surface area contributed by atoms with E-state index in [2.05, 4.69) is 303 Å². The normalized spacial score (nSPS) is 12.8. The molecule has 0 aliphatic carbocycles. The number of ether oxygens (including phenoxy) is 1. The van der Waals surface area contributed by atoms with E-state index in [4.69, 9.17) is 4.74 Å². The summed E-state index contributed by atoms with van der Waals surface area (Å²) in [7, 11) is 0. The van der Waals surface area contributed by atoms with Crippen LogP contribution in [0.4, 0.5) is 0 Å². The van der Waals surface area contributed by atoms with Crippen LogP contribution in [0.5, 0.6) is 11.5 Å². The van der Waals surface area contributed by atoms with Gasteiger partial charge in [0.25, 0.3) is 6.71 Å². The molecule has 0 bridgehead atoms. The molecule has 20 rings (SSSR count). The Kier molecular flexibility index (Phi) is 9.11. The highest BCUT2D eigenvalue weighted by atomic mass is 16.5. The summed E-state index contributed by atoms with van der Waals surface area (Å²) in [5, 5.41) is 12.3. The number of para-hydroxylation sites is 6. The van der Waals surface area contributed by atoms with Gasteiger partial charge in [-0.1, -0.05) is 152 Å². The maximum atomic E-state index is 7.18. The second kappa shape index (κ2) is 16.9. The van der Waals surface area contributed by atoms with E-state index in [-0.39, 0.29) is 6.71 Å². The molecule has 2 aliphatic heterocycles. The highest BCUT2D eigenvalue weighted by molar-refractivity contribution is 6.99. The first-order chi connectivity index (χ1) is 42.6. The number of fused-ring (bicyclic) bond motifs is 19. The van der Waals surface area contributed by atoms with Gasteiger partial charge in [0.15, 0.2) is 0 Å². The van der Waals surface area contributed by atoms with E-state index in [1.165, 1.54) is 109 Å². The van der Waals surface area contributed by atoms with E-state index in [1.807, 2.05) is 0 Å². The summed E-state index contributed by atoms with van der Waals surface area (Å²) in [6.45, 7) is 2.10. The van der Waals surface area contributed by atoms with Crippen molar-refractivity contribution in [2.75, 3.05) is 0 Å². The predicted molar refractivity (Wildman–Crippen MR) is 359 cm³/mol. The molecule has 7 heteroatoms. The Hall–Kier alpha value is -11.3. The molecule has 86 heavy (non-hydrogen) atoms. The van der Waals surface area contributed by atoms with E-state index in [9.17, 15) is 0 Å². The molecule has 7 heterocycles. The zero-order valence-corrected chi connectivity index (χ0v) is 46.7. The number of aryl methyl sites for hydroxylation is 1. The van der Waals surface area contributed by atoms with Crippen molar-refractivity contribution in [3.63, 3.8) is 0 Å². The lowest BCUT2D eigenvalue weighted by Gasteiger charge is -2.34. The summed E-state index contributed by atoms with van der Waals surface area (Å²) in [6, 6.07) is 101. The largest absolute Gasteiger partial charge is 0.458 e. The van der Waals surface area contributed by atoms with Crippen LogP contribution in [0.3, 0.4) is 0 Å². The Bertz CT molecular complexity index is 5920. The SMILES string of the molecule is Cc1cc2c3c(c1)-n1c4ccc(-n5c6ccccc6c6cc(-n7c8ccccc8c8ccccc87)ccc65)cc4c4cc(-n5c6ccccc6c6cc(-n7c8ccccc8c8ccccc87)ccc65)cc(c41)B3c1ccc(-c3ccccc3)cc1O2. The van der Waals surface area contributed by atoms with Crippen molar-refractivity contribution in [3.05, 3.63) is 279 Å². The third-order valence-electron chi connectivity index (χ3n) is 19.1. The Morgan fingerprint density at radius 3 is 1.15 bits per heavy atom. The molecule has 18 aromatic rings. The molecule has 0 amide bonds. The monoisotopic (exact) mass is 1090 g/mol. The van der Waals surface area contributed by atoms with Gasteiger partial charge in [-0.25, -0.2) is 0 Å². The van der Waals surface area contributed by atoms with Crippen LogP contribution in [0.25, 0.3) is 149 Å². The third-order valence-corrected chi connectivity index (χ3v) is 19.1. The lowest BCUT2D eigenvalue weighted by Crippen LogP contribution is -2.58. The van der Waals surface area contributed by atoms with Crippen molar-refractivity contribution in [1.29, 1.82) is 0 Å². The first kappa shape index (κ1) is 46.2. The number of hydrogen-bond donors (Lipinski definition) is 0. The first-order valence-electron chi connectivity index (χ1n) is 29.8. The van der Waals surface area contributed by atoms with E-state index >= 15 is 0 Å². The first-order valence-corrected chi connectivity index (χ1v) is 29.8. The zero-order valence-electron chi connectivity index (χ0n) is 46.7. The second-order valence-corrected chi connectivity index (χ2v) is 23.7. The molecular weight excluding hydrogens is 1050 g/mol. The van der Waals surface area contributed by atoms with Gasteiger partial charge in [-0.3, -0.25) is 0 Å². The van der Waals surface area contributed by atoms with Gasteiger partial charge >= 0.3 is 0 Å². The van der Waals surface area contributed by atoms with Crippen LogP contribution in [0, 0.1) is 6.92 Å². The van der Waals surface area contributed by atoms with Crippen LogP contribution in [-0.2, 0) is 0 Å². The highest BCUT2D eigenvalue weighted by Crippen LogP contribution is 2.44. The van der Waals surface area contributed by atoms with Crippen LogP contribution >= 0.6 is 0 Å². The van der Waals surface area contributed by atoms with Crippen molar-refractivity contribution >= 4 is 132 Å². The molecule has 0 fully saturated rings. The maximum Gasteiger partial charge on any atom is 0.256 e. The standard InChI is InChI=1S/C79H48BN5O/c1-47-39-75-78-77(40-47)86-76-41-49(48-17-3-2-4-18-48)31-35-64(76)80(78)65-46-53(84-71-30-16-10-24-59(71)61-43-51(33-37-73(61)84)82-68-27-13-7-21-56(68)57-22-8-14-28-69(57)82)45-63-62-44-52(34-38-74(62)85(75)79(63)65)83-70-29-15-9-23-58(70)60-42-50(32-36-72(60)83)81-66-25-11-5-19-54(66)55-20-6-12-26-67(55)81/h2-46H,1H3. The van der Waals surface area contributed by atoms with Gasteiger partial charge < -0.3 is 27.6 Å². The summed E-state index contributed by atoms with van der Waals surface area (Å²) < 4.78 is 19.6. The summed E-state index contributed by atoms with van der Waals surface area (Å²) in [5.41, 5.74) is 24.6. The molecule has 0 saturated heterocycles. The van der Waals surface area contributed by atoms with E-state index in [0.29, 0.717) is 0 Å². The summed E-state index contributed by atoms with van der Waals surface area (Å²) >= 11 is 0. The molecule has 0 atom stereocenters. The van der Waals surface area contributed by atoms with Crippen LogP contribution in [0.1, 0.15) is 5.56 Å². The minimum atomic E-state index is -0.107. The quantitative estimate of drug-likeness (QED) is 0.158. The van der Waals surface area contributed by atoms with Crippen molar-refractivity contribution in [2.45, 2.75) is 6.92 Å². The second-order valence-electron chi connectivity index (χ2n) is 23.7. The number of benzene rings is 13. The lowest BCUT2D eigenvalue weighted by molar-refractivity contribution is 0.487. The molecule has 2 aliphatic rings. The van der Waals surface area contributed by atoms with Gasteiger partial charge in [-0.2, -0.15) is 0 Å². The lowest BCUT2D eigenvalue weighted by atomic mass is 9.34. The zero-order chi connectivity index (χ0) is 56.0. The maximum absolute atomic E-state index is 7.18. The van der Waals surface area contributed by atoms with Crippen molar-refractivity contribution in [1.82, 2.24) is 22.8 Å². The van der Waals surface area contributed by atoms with E-state index in [0.717, 1.165) is 73.0 Å². The molecule has 6 nitrogen and oxygen atoms in total. The van der Waals surface area contributed by atoms with Gasteiger partial charge in [0.1, 0.15) is 11.5 Å². The smallest absolute Gasteiger partial charge is 0.256 e. The molecule has 0 unspecified atom stereocenters. The molecule has 0 radical (unpaired) electrons. The van der Waals surface area contributed by atoms with E-state index in [1.54, 1.807) is 0 Å².